The lowest BCUT2D eigenvalue weighted by molar-refractivity contribution is -0.156. The van der Waals surface area contributed by atoms with E-state index in [1.807, 2.05) is 6.92 Å². The number of esters is 1. The Bertz CT molecular complexity index is 259. The number of nitrogens with two attached hydrogens (primary N) is 1. The first-order chi connectivity index (χ1) is 8.61. The summed E-state index contributed by atoms with van der Waals surface area (Å²) in [5.74, 6) is -0.187. The van der Waals surface area contributed by atoms with Gasteiger partial charge in [-0.2, -0.15) is 0 Å². The Balaban J connectivity index is 2.10. The van der Waals surface area contributed by atoms with Crippen LogP contribution < -0.4 is 5.73 Å². The highest BCUT2D eigenvalue weighted by molar-refractivity contribution is 5.77. The molecule has 0 aromatic heterocycles. The van der Waals surface area contributed by atoms with E-state index in [2.05, 4.69) is 0 Å². The van der Waals surface area contributed by atoms with Crippen LogP contribution in [0.15, 0.2) is 0 Å². The van der Waals surface area contributed by atoms with Crippen LogP contribution in [0.1, 0.15) is 32.6 Å². The topological polar surface area (TPSA) is 70.8 Å². The molecular formula is C13H25NO4. The molecule has 1 aliphatic rings. The molecule has 1 fully saturated rings. The summed E-state index contributed by atoms with van der Waals surface area (Å²) in [6, 6.07) is -0.0763. The van der Waals surface area contributed by atoms with Gasteiger partial charge in [0.1, 0.15) is 6.61 Å². The van der Waals surface area contributed by atoms with Gasteiger partial charge in [0.15, 0.2) is 0 Å². The Labute approximate surface area is 109 Å². The molecule has 0 amide bonds. The van der Waals surface area contributed by atoms with Crippen molar-refractivity contribution < 1.29 is 19.0 Å². The lowest BCUT2D eigenvalue weighted by Crippen LogP contribution is -2.42. The number of carbonyl (C=O) groups excluding carboxylic acids is 1. The summed E-state index contributed by atoms with van der Waals surface area (Å²) < 4.78 is 15.5. The molecule has 1 rings (SSSR count). The fourth-order valence-corrected chi connectivity index (χ4v) is 2.21. The fraction of sp³-hybridized carbons (Fsp3) is 0.923. The molecule has 0 saturated heterocycles. The monoisotopic (exact) mass is 259 g/mol. The maximum atomic E-state index is 11.9. The summed E-state index contributed by atoms with van der Waals surface area (Å²) in [5, 5.41) is 0. The molecular weight excluding hydrogens is 234 g/mol. The van der Waals surface area contributed by atoms with Crippen LogP contribution in [0.3, 0.4) is 0 Å². The molecule has 0 spiro atoms. The molecule has 106 valence electrons. The predicted molar refractivity (Wildman–Crippen MR) is 68.2 cm³/mol. The molecule has 1 aliphatic carbocycles. The largest absolute Gasteiger partial charge is 0.463 e. The van der Waals surface area contributed by atoms with E-state index in [1.54, 1.807) is 7.11 Å². The minimum Gasteiger partial charge on any atom is -0.463 e. The molecule has 0 aromatic rings. The first kappa shape index (κ1) is 15.4. The summed E-state index contributed by atoms with van der Waals surface area (Å²) in [6.07, 6.45) is 3.58. The van der Waals surface area contributed by atoms with Gasteiger partial charge in [0.2, 0.25) is 0 Å². The van der Waals surface area contributed by atoms with Gasteiger partial charge in [-0.05, 0) is 26.2 Å². The van der Waals surface area contributed by atoms with E-state index in [4.69, 9.17) is 19.9 Å². The van der Waals surface area contributed by atoms with Gasteiger partial charge in [-0.1, -0.05) is 6.42 Å². The molecule has 0 heterocycles. The molecule has 0 aliphatic heterocycles. The van der Waals surface area contributed by atoms with E-state index in [9.17, 15) is 4.79 Å². The van der Waals surface area contributed by atoms with Crippen molar-refractivity contribution in [1.82, 2.24) is 0 Å². The first-order valence-corrected chi connectivity index (χ1v) is 6.61. The third-order valence-electron chi connectivity index (χ3n) is 3.59. The Morgan fingerprint density at radius 2 is 2.11 bits per heavy atom. The Morgan fingerprint density at radius 3 is 2.72 bits per heavy atom. The zero-order valence-electron chi connectivity index (χ0n) is 11.4. The number of rotatable bonds is 8. The van der Waals surface area contributed by atoms with Gasteiger partial charge in [-0.3, -0.25) is 4.79 Å². The summed E-state index contributed by atoms with van der Waals surface area (Å²) in [5.41, 5.74) is 5.45. The summed E-state index contributed by atoms with van der Waals surface area (Å²) in [6.45, 7) is 3.94. The Kier molecular flexibility index (Phi) is 6.60. The van der Waals surface area contributed by atoms with Gasteiger partial charge in [0.05, 0.1) is 12.0 Å². The van der Waals surface area contributed by atoms with Crippen LogP contribution in [0.5, 0.6) is 0 Å². The van der Waals surface area contributed by atoms with E-state index >= 15 is 0 Å². The maximum Gasteiger partial charge on any atom is 0.313 e. The third kappa shape index (κ3) is 4.23. The van der Waals surface area contributed by atoms with E-state index in [-0.39, 0.29) is 12.0 Å². The lowest BCUT2D eigenvalue weighted by Gasteiger charge is -2.26. The second-order valence-corrected chi connectivity index (χ2v) is 5.01. The zero-order chi connectivity index (χ0) is 13.4. The highest BCUT2D eigenvalue weighted by atomic mass is 16.6. The maximum absolute atomic E-state index is 11.9. The first-order valence-electron chi connectivity index (χ1n) is 6.61. The van der Waals surface area contributed by atoms with Crippen molar-refractivity contribution in [2.24, 2.45) is 11.1 Å². The van der Waals surface area contributed by atoms with Crippen LogP contribution in [-0.4, -0.2) is 45.5 Å². The third-order valence-corrected chi connectivity index (χ3v) is 3.59. The van der Waals surface area contributed by atoms with Crippen LogP contribution in [-0.2, 0) is 19.0 Å². The minimum atomic E-state index is -0.504. The number of ether oxygens (including phenoxy) is 3. The molecule has 18 heavy (non-hydrogen) atoms. The second-order valence-electron chi connectivity index (χ2n) is 5.01. The van der Waals surface area contributed by atoms with E-state index in [0.717, 1.165) is 25.7 Å². The molecule has 0 aromatic carbocycles. The normalized spacial score (nSPS) is 27.4. The van der Waals surface area contributed by atoms with Gasteiger partial charge in [-0.25, -0.2) is 0 Å². The van der Waals surface area contributed by atoms with Crippen molar-refractivity contribution in [3.05, 3.63) is 0 Å². The smallest absolute Gasteiger partial charge is 0.313 e. The molecule has 5 nitrogen and oxygen atoms in total. The van der Waals surface area contributed by atoms with Crippen molar-refractivity contribution in [2.45, 2.75) is 38.6 Å². The van der Waals surface area contributed by atoms with Crippen molar-refractivity contribution in [3.8, 4) is 0 Å². The summed E-state index contributed by atoms with van der Waals surface area (Å²) >= 11 is 0. The molecule has 2 atom stereocenters. The molecule has 0 bridgehead atoms. The number of hydrogen-bond acceptors (Lipinski definition) is 5. The van der Waals surface area contributed by atoms with E-state index in [0.29, 0.717) is 26.4 Å². The molecule has 5 heteroatoms. The van der Waals surface area contributed by atoms with Crippen molar-refractivity contribution in [3.63, 3.8) is 0 Å². The molecule has 1 saturated carbocycles. The van der Waals surface area contributed by atoms with Crippen LogP contribution >= 0.6 is 0 Å². The number of carbonyl (C=O) groups is 1. The molecule has 2 N–H and O–H groups in total. The van der Waals surface area contributed by atoms with Crippen molar-refractivity contribution >= 4 is 5.97 Å². The van der Waals surface area contributed by atoms with Crippen LogP contribution in [0, 0.1) is 5.41 Å². The highest BCUT2D eigenvalue weighted by Gasteiger charge is 2.44. The molecule has 2 unspecified atom stereocenters. The van der Waals surface area contributed by atoms with Gasteiger partial charge >= 0.3 is 5.97 Å². The lowest BCUT2D eigenvalue weighted by atomic mass is 9.85. The number of methoxy groups -OCH3 is 1. The van der Waals surface area contributed by atoms with Gasteiger partial charge in [0, 0.05) is 26.4 Å². The Morgan fingerprint density at radius 1 is 1.33 bits per heavy atom. The Hall–Kier alpha value is -0.650. The SMILES string of the molecule is COCCCOCCOC(=O)C1(C)CCCC1N. The summed E-state index contributed by atoms with van der Waals surface area (Å²) in [4.78, 5) is 11.9. The zero-order valence-corrected chi connectivity index (χ0v) is 11.4. The molecule has 0 radical (unpaired) electrons. The van der Waals surface area contributed by atoms with E-state index < -0.39 is 5.41 Å². The quantitative estimate of drug-likeness (QED) is 0.522. The summed E-state index contributed by atoms with van der Waals surface area (Å²) in [7, 11) is 1.66. The van der Waals surface area contributed by atoms with Gasteiger partial charge < -0.3 is 19.9 Å². The second kappa shape index (κ2) is 7.71. The van der Waals surface area contributed by atoms with Crippen molar-refractivity contribution in [2.75, 3.05) is 33.5 Å². The predicted octanol–water partition coefficient (Wildman–Crippen LogP) is 1.10. The average molecular weight is 259 g/mol. The van der Waals surface area contributed by atoms with Gasteiger partial charge in [0.25, 0.3) is 0 Å². The van der Waals surface area contributed by atoms with Gasteiger partial charge in [-0.15, -0.1) is 0 Å². The van der Waals surface area contributed by atoms with Crippen molar-refractivity contribution in [1.29, 1.82) is 0 Å². The number of hydrogen-bond donors (Lipinski definition) is 1. The van der Waals surface area contributed by atoms with E-state index in [1.165, 1.54) is 0 Å². The highest BCUT2D eigenvalue weighted by Crippen LogP contribution is 2.37. The minimum absolute atomic E-state index is 0.0763. The standard InChI is InChI=1S/C13H25NO4/c1-13(6-3-5-11(13)14)12(15)18-10-9-17-8-4-7-16-2/h11H,3-10,14H2,1-2H3. The van der Waals surface area contributed by atoms with Crippen LogP contribution in [0.25, 0.3) is 0 Å². The average Bonchev–Trinajstić information content (AvgIpc) is 2.69. The fourth-order valence-electron chi connectivity index (χ4n) is 2.21. The van der Waals surface area contributed by atoms with Crippen LogP contribution in [0.2, 0.25) is 0 Å². The van der Waals surface area contributed by atoms with Crippen LogP contribution in [0.4, 0.5) is 0 Å².